The number of rotatable bonds is 17. The lowest BCUT2D eigenvalue weighted by Crippen LogP contribution is -2.08. The summed E-state index contributed by atoms with van der Waals surface area (Å²) in [6.07, 6.45) is 14.0. The van der Waals surface area contributed by atoms with Crippen molar-refractivity contribution in [1.82, 2.24) is 0 Å². The van der Waals surface area contributed by atoms with Crippen molar-refractivity contribution in [3.05, 3.63) is 28.8 Å². The first-order valence-corrected chi connectivity index (χ1v) is 12.0. The molecule has 0 aromatic heterocycles. The summed E-state index contributed by atoms with van der Waals surface area (Å²) in [5.74, 6) is 0.310. The highest BCUT2D eigenvalue weighted by Crippen LogP contribution is 2.22. The van der Waals surface area contributed by atoms with Crippen molar-refractivity contribution in [3.63, 3.8) is 0 Å². The minimum atomic E-state index is -0.200. The molecule has 30 heavy (non-hydrogen) atoms. The van der Waals surface area contributed by atoms with Crippen LogP contribution in [-0.2, 0) is 14.3 Å². The molecule has 0 atom stereocenters. The molecule has 0 spiro atoms. The highest BCUT2D eigenvalue weighted by atomic mass is 35.5. The molecule has 4 nitrogen and oxygen atoms in total. The molecule has 0 saturated carbocycles. The normalized spacial score (nSPS) is 10.8. The van der Waals surface area contributed by atoms with Crippen LogP contribution in [0.25, 0.3) is 0 Å². The van der Waals surface area contributed by atoms with Gasteiger partial charge in [0, 0.05) is 17.9 Å². The molecular weight excluding hydrogens is 400 g/mol. The van der Waals surface area contributed by atoms with Crippen molar-refractivity contribution in [3.8, 4) is 5.75 Å². The van der Waals surface area contributed by atoms with Crippen molar-refractivity contribution < 1.29 is 19.1 Å². The maximum absolute atomic E-state index is 11.9. The molecule has 170 valence electrons. The minimum Gasteiger partial charge on any atom is -0.466 e. The molecule has 1 aromatic rings. The summed E-state index contributed by atoms with van der Waals surface area (Å²) in [7, 11) is 0. The molecule has 5 heteroatoms. The molecule has 1 rings (SSSR count). The third-order valence-corrected chi connectivity index (χ3v) is 5.37. The van der Waals surface area contributed by atoms with Gasteiger partial charge in [0.1, 0.15) is 5.75 Å². The third kappa shape index (κ3) is 13.6. The van der Waals surface area contributed by atoms with Gasteiger partial charge in [0.2, 0.25) is 0 Å². The lowest BCUT2D eigenvalue weighted by molar-refractivity contribution is -0.144. The maximum Gasteiger partial charge on any atom is 0.311 e. The van der Waals surface area contributed by atoms with E-state index in [0.717, 1.165) is 56.9 Å². The fourth-order valence-corrected chi connectivity index (χ4v) is 3.51. The van der Waals surface area contributed by atoms with Gasteiger partial charge in [0.05, 0.1) is 6.61 Å². The van der Waals surface area contributed by atoms with Crippen LogP contribution >= 0.6 is 11.6 Å². The van der Waals surface area contributed by atoms with E-state index in [2.05, 4.69) is 6.92 Å². The Labute approximate surface area is 187 Å². The summed E-state index contributed by atoms with van der Waals surface area (Å²) in [6, 6.07) is 5.24. The van der Waals surface area contributed by atoms with Crippen LogP contribution in [0.2, 0.25) is 5.02 Å². The second-order valence-electron chi connectivity index (χ2n) is 7.99. The number of ether oxygens (including phenoxy) is 2. The van der Waals surface area contributed by atoms with Gasteiger partial charge in [-0.1, -0.05) is 76.3 Å². The molecule has 0 amide bonds. The number of carbonyl (C=O) groups is 2. The summed E-state index contributed by atoms with van der Waals surface area (Å²) < 4.78 is 10.7. The Bertz CT molecular complexity index is 615. The smallest absolute Gasteiger partial charge is 0.311 e. The van der Waals surface area contributed by atoms with Gasteiger partial charge in [-0.2, -0.15) is 0 Å². The third-order valence-electron chi connectivity index (χ3n) is 5.13. The zero-order valence-corrected chi connectivity index (χ0v) is 19.6. The number of aryl methyl sites for hydroxylation is 1. The summed E-state index contributed by atoms with van der Waals surface area (Å²) in [5, 5.41) is 0.637. The fraction of sp³-hybridized carbons (Fsp3) is 0.680. The quantitative estimate of drug-likeness (QED) is 0.143. The molecule has 0 aliphatic rings. The molecule has 0 heterocycles. The Morgan fingerprint density at radius 3 is 2.00 bits per heavy atom. The lowest BCUT2D eigenvalue weighted by Gasteiger charge is -2.07. The van der Waals surface area contributed by atoms with Gasteiger partial charge in [0.15, 0.2) is 0 Å². The van der Waals surface area contributed by atoms with Crippen LogP contribution in [0.1, 0.15) is 102 Å². The van der Waals surface area contributed by atoms with Gasteiger partial charge in [-0.15, -0.1) is 0 Å². The van der Waals surface area contributed by atoms with E-state index >= 15 is 0 Å². The van der Waals surface area contributed by atoms with Crippen molar-refractivity contribution in [2.45, 2.75) is 104 Å². The van der Waals surface area contributed by atoms with Crippen molar-refractivity contribution in [2.24, 2.45) is 0 Å². The molecule has 0 aliphatic heterocycles. The van der Waals surface area contributed by atoms with Gasteiger partial charge >= 0.3 is 11.9 Å². The minimum absolute atomic E-state index is 0.0659. The van der Waals surface area contributed by atoms with Gasteiger partial charge in [0.25, 0.3) is 0 Å². The molecule has 0 bridgehead atoms. The molecule has 0 saturated heterocycles. The number of esters is 2. The number of halogens is 1. The van der Waals surface area contributed by atoms with Gasteiger partial charge < -0.3 is 9.47 Å². The number of hydrogen-bond donors (Lipinski definition) is 0. The first-order chi connectivity index (χ1) is 14.5. The number of unbranched alkanes of at least 4 members (excludes halogenated alkanes) is 10. The Morgan fingerprint density at radius 1 is 0.800 bits per heavy atom. The summed E-state index contributed by atoms with van der Waals surface area (Å²) in [6.45, 7) is 4.65. The number of carbonyl (C=O) groups excluding carboxylic acids is 2. The van der Waals surface area contributed by atoms with Crippen LogP contribution in [0, 0.1) is 6.92 Å². The highest BCUT2D eigenvalue weighted by molar-refractivity contribution is 6.30. The van der Waals surface area contributed by atoms with Crippen LogP contribution in [0.3, 0.4) is 0 Å². The van der Waals surface area contributed by atoms with Gasteiger partial charge in [-0.3, -0.25) is 9.59 Å². The second-order valence-corrected chi connectivity index (χ2v) is 8.43. The Hall–Kier alpha value is -1.55. The van der Waals surface area contributed by atoms with Crippen LogP contribution in [0.4, 0.5) is 0 Å². The van der Waals surface area contributed by atoms with Gasteiger partial charge in [-0.05, 0) is 49.9 Å². The summed E-state index contributed by atoms with van der Waals surface area (Å²) in [4.78, 5) is 23.6. The molecule has 0 radical (unpaired) electrons. The van der Waals surface area contributed by atoms with E-state index in [0.29, 0.717) is 30.2 Å². The topological polar surface area (TPSA) is 52.6 Å². The van der Waals surface area contributed by atoms with E-state index in [1.807, 2.05) is 6.92 Å². The van der Waals surface area contributed by atoms with Crippen LogP contribution in [-0.4, -0.2) is 18.5 Å². The zero-order valence-electron chi connectivity index (χ0n) is 18.8. The van der Waals surface area contributed by atoms with Crippen LogP contribution in [0.15, 0.2) is 18.2 Å². The first-order valence-electron chi connectivity index (χ1n) is 11.7. The Morgan fingerprint density at radius 2 is 1.37 bits per heavy atom. The van der Waals surface area contributed by atoms with E-state index < -0.39 is 0 Å². The van der Waals surface area contributed by atoms with E-state index in [-0.39, 0.29) is 11.9 Å². The predicted octanol–water partition coefficient (Wildman–Crippen LogP) is 7.58. The maximum atomic E-state index is 11.9. The molecule has 0 unspecified atom stereocenters. The molecule has 0 N–H and O–H groups in total. The zero-order chi connectivity index (χ0) is 22.0. The summed E-state index contributed by atoms with van der Waals surface area (Å²) in [5.41, 5.74) is 0.862. The predicted molar refractivity (Wildman–Crippen MR) is 123 cm³/mol. The number of benzene rings is 1. The average Bonchev–Trinajstić information content (AvgIpc) is 2.71. The lowest BCUT2D eigenvalue weighted by atomic mass is 10.1. The fourth-order valence-electron chi connectivity index (χ4n) is 3.29. The van der Waals surface area contributed by atoms with Crippen molar-refractivity contribution >= 4 is 23.5 Å². The van der Waals surface area contributed by atoms with Crippen molar-refractivity contribution in [2.75, 3.05) is 6.61 Å². The van der Waals surface area contributed by atoms with E-state index in [9.17, 15) is 9.59 Å². The standard InChI is InChI=1S/C25H39ClO4/c1-3-4-5-6-11-14-19-29-24(27)15-12-9-7-8-10-13-16-25(28)30-23-18-17-22(26)20-21(23)2/h17-18,20H,3-16,19H2,1-2H3. The van der Waals surface area contributed by atoms with Crippen LogP contribution in [0.5, 0.6) is 5.75 Å². The highest BCUT2D eigenvalue weighted by Gasteiger charge is 2.08. The Kier molecular flexibility index (Phi) is 15.2. The van der Waals surface area contributed by atoms with Crippen LogP contribution < -0.4 is 4.74 Å². The monoisotopic (exact) mass is 438 g/mol. The molecule has 0 fully saturated rings. The summed E-state index contributed by atoms with van der Waals surface area (Å²) >= 11 is 5.91. The largest absolute Gasteiger partial charge is 0.466 e. The molecule has 0 aliphatic carbocycles. The number of hydrogen-bond acceptors (Lipinski definition) is 4. The molecular formula is C25H39ClO4. The van der Waals surface area contributed by atoms with Gasteiger partial charge in [-0.25, -0.2) is 0 Å². The van der Waals surface area contributed by atoms with E-state index in [1.54, 1.807) is 18.2 Å². The SMILES string of the molecule is CCCCCCCCOC(=O)CCCCCCCCC(=O)Oc1ccc(Cl)cc1C. The second kappa shape index (κ2) is 17.2. The van der Waals surface area contributed by atoms with Crippen molar-refractivity contribution in [1.29, 1.82) is 0 Å². The average molecular weight is 439 g/mol. The Balaban J connectivity index is 1.92. The van der Waals surface area contributed by atoms with E-state index in [1.165, 1.54) is 25.7 Å². The van der Waals surface area contributed by atoms with E-state index in [4.69, 9.17) is 21.1 Å². The first kappa shape index (κ1) is 26.5. The molecule has 1 aromatic carbocycles.